The number of ether oxygens (including phenoxy) is 2. The molecule has 2 aliphatic rings. The second kappa shape index (κ2) is 13.8. The van der Waals surface area contributed by atoms with Crippen molar-refractivity contribution < 1.29 is 48.4 Å². The fourth-order valence-electron chi connectivity index (χ4n) is 6.01. The van der Waals surface area contributed by atoms with Gasteiger partial charge in [0.15, 0.2) is 11.4 Å². The lowest BCUT2D eigenvalue weighted by Gasteiger charge is -2.36. The second-order valence-corrected chi connectivity index (χ2v) is 13.3. The van der Waals surface area contributed by atoms with Crippen LogP contribution in [-0.2, 0) is 24.5 Å². The van der Waals surface area contributed by atoms with E-state index < -0.39 is 30.9 Å². The first-order valence-electron chi connectivity index (χ1n) is 15.1. The number of hydrogen-bond acceptors (Lipinski definition) is 9. The molecule has 2 aliphatic heterocycles. The molecule has 1 atom stereocenters. The van der Waals surface area contributed by atoms with Crippen LogP contribution in [0.3, 0.4) is 0 Å². The molecule has 2 amide bonds. The molecule has 4 aromatic rings. The van der Waals surface area contributed by atoms with Crippen LogP contribution in [0.5, 0.6) is 23.0 Å². The maximum atomic E-state index is 13.3. The van der Waals surface area contributed by atoms with E-state index in [1.54, 1.807) is 24.3 Å². The van der Waals surface area contributed by atoms with Gasteiger partial charge in [-0.05, 0) is 54.8 Å². The van der Waals surface area contributed by atoms with Gasteiger partial charge in [-0.2, -0.15) is 0 Å². The van der Waals surface area contributed by atoms with E-state index in [9.17, 15) is 38.9 Å². The fourth-order valence-corrected chi connectivity index (χ4v) is 6.88. The predicted octanol–water partition coefficient (Wildman–Crippen LogP) is 4.86. The van der Waals surface area contributed by atoms with Crippen molar-refractivity contribution in [3.8, 4) is 23.0 Å². The molecule has 1 spiro atoms. The lowest BCUT2D eigenvalue weighted by atomic mass is 9.77. The summed E-state index contributed by atoms with van der Waals surface area (Å²) in [7, 11) is -4.78. The highest BCUT2D eigenvalue weighted by molar-refractivity contribution is 7.52. The van der Waals surface area contributed by atoms with Gasteiger partial charge in [0, 0.05) is 52.9 Å². The zero-order chi connectivity index (χ0) is 35.1. The van der Waals surface area contributed by atoms with Crippen LogP contribution in [0.2, 0.25) is 0 Å². The lowest BCUT2D eigenvalue weighted by Crippen LogP contribution is -2.32. The van der Waals surface area contributed by atoms with Crippen LogP contribution in [0, 0.1) is 5.41 Å². The molecule has 0 radical (unpaired) electrons. The standard InChI is InChI=1S/C34H31N4O10P.ClH/c35-31(36)18-5-7-19(8-6-18)32(49(44,45)46)38-30(42)4-2-1-3-29(41)37-20-9-12-24-23(15-20)33(43)48-34(24)25-13-10-21(39)16-27(25)47-28-17-22(40)11-14-26(28)34;/h5-17,32,39-40H,1-4H2,(H3,35,36)(H,37,41)(H,38,42)(H2,44,45,46);1H. The van der Waals surface area contributed by atoms with Crippen molar-refractivity contribution in [3.05, 3.63) is 112 Å². The highest BCUT2D eigenvalue weighted by Gasteiger charge is 2.53. The molecular formula is C34H32ClN4O10P. The zero-order valence-electron chi connectivity index (χ0n) is 26.1. The molecule has 0 bridgehead atoms. The smallest absolute Gasteiger partial charge is 0.352 e. The number of carbonyl (C=O) groups is 3. The highest BCUT2D eigenvalue weighted by atomic mass is 35.5. The van der Waals surface area contributed by atoms with E-state index in [0.717, 1.165) is 0 Å². The maximum Gasteiger partial charge on any atom is 0.352 e. The Kier molecular flexibility index (Phi) is 9.94. The molecule has 9 N–H and O–H groups in total. The molecule has 0 aromatic heterocycles. The number of hydrogen-bond donors (Lipinski definition) is 8. The highest BCUT2D eigenvalue weighted by Crippen LogP contribution is 2.57. The minimum absolute atomic E-state index is 0. The van der Waals surface area contributed by atoms with Crippen molar-refractivity contribution in [2.45, 2.75) is 37.1 Å². The van der Waals surface area contributed by atoms with Gasteiger partial charge in [0.05, 0.1) is 5.56 Å². The van der Waals surface area contributed by atoms with Crippen LogP contribution < -0.4 is 21.1 Å². The van der Waals surface area contributed by atoms with Crippen LogP contribution in [-0.4, -0.2) is 43.6 Å². The molecule has 260 valence electrons. The van der Waals surface area contributed by atoms with Gasteiger partial charge in [0.2, 0.25) is 11.8 Å². The Bertz CT molecular complexity index is 2020. The van der Waals surface area contributed by atoms with Crippen LogP contribution in [0.25, 0.3) is 0 Å². The summed E-state index contributed by atoms with van der Waals surface area (Å²) >= 11 is 0. The number of rotatable bonds is 10. The maximum absolute atomic E-state index is 13.3. The number of anilines is 1. The van der Waals surface area contributed by atoms with Crippen LogP contribution in [0.4, 0.5) is 5.69 Å². The number of nitrogen functional groups attached to an aromatic ring is 1. The van der Waals surface area contributed by atoms with E-state index >= 15 is 0 Å². The van der Waals surface area contributed by atoms with E-state index in [1.165, 1.54) is 54.6 Å². The summed E-state index contributed by atoms with van der Waals surface area (Å²) in [5.74, 6) is -3.10. The Morgan fingerprint density at radius 2 is 1.40 bits per heavy atom. The predicted molar refractivity (Wildman–Crippen MR) is 183 cm³/mol. The van der Waals surface area contributed by atoms with Gasteiger partial charge in [0.1, 0.15) is 28.8 Å². The lowest BCUT2D eigenvalue weighted by molar-refractivity contribution is -0.122. The van der Waals surface area contributed by atoms with Crippen molar-refractivity contribution >= 4 is 49.3 Å². The molecule has 1 unspecified atom stereocenters. The third-order valence-electron chi connectivity index (χ3n) is 8.29. The largest absolute Gasteiger partial charge is 0.508 e. The van der Waals surface area contributed by atoms with Crippen LogP contribution in [0.1, 0.15) is 69.6 Å². The normalized spacial score (nSPS) is 14.2. The van der Waals surface area contributed by atoms with Crippen molar-refractivity contribution in [1.82, 2.24) is 5.32 Å². The summed E-state index contributed by atoms with van der Waals surface area (Å²) in [5, 5.41) is 32.7. The minimum atomic E-state index is -4.78. The number of halogens is 1. The number of amides is 2. The number of nitrogens with one attached hydrogen (secondary N) is 3. The van der Waals surface area contributed by atoms with Gasteiger partial charge in [-0.25, -0.2) is 4.79 Å². The van der Waals surface area contributed by atoms with Gasteiger partial charge in [-0.15, -0.1) is 12.4 Å². The van der Waals surface area contributed by atoms with E-state index in [2.05, 4.69) is 10.6 Å². The molecule has 0 saturated heterocycles. The molecule has 2 heterocycles. The SMILES string of the molecule is Cl.N=C(N)c1ccc(C(NC(=O)CCCCC(=O)Nc2ccc3c(c2)C(=O)OC32c3ccc(O)cc3Oc3cc(O)ccc32)P(=O)(O)O)cc1. The molecule has 0 fully saturated rings. The molecule has 16 heteroatoms. The number of phenolic OH excluding ortho intramolecular Hbond substituents is 2. The minimum Gasteiger partial charge on any atom is -0.508 e. The van der Waals surface area contributed by atoms with Crippen molar-refractivity contribution in [1.29, 1.82) is 5.41 Å². The Morgan fingerprint density at radius 3 is 1.96 bits per heavy atom. The Morgan fingerprint density at radius 1 is 0.840 bits per heavy atom. The van der Waals surface area contributed by atoms with E-state index in [-0.39, 0.29) is 84.0 Å². The van der Waals surface area contributed by atoms with Gasteiger partial charge in [0.25, 0.3) is 0 Å². The number of unbranched alkanes of at least 4 members (excludes halogenated alkanes) is 1. The van der Waals surface area contributed by atoms with E-state index in [4.69, 9.17) is 20.6 Å². The van der Waals surface area contributed by atoms with Gasteiger partial charge in [-0.1, -0.05) is 30.3 Å². The third kappa shape index (κ3) is 6.87. The van der Waals surface area contributed by atoms with Gasteiger partial charge in [-0.3, -0.25) is 19.6 Å². The topological polar surface area (TPSA) is 242 Å². The molecule has 0 saturated carbocycles. The van der Waals surface area contributed by atoms with Crippen LogP contribution >= 0.6 is 20.0 Å². The average Bonchev–Trinajstić information content (AvgIpc) is 3.32. The first-order valence-corrected chi connectivity index (χ1v) is 16.8. The van der Waals surface area contributed by atoms with Gasteiger partial charge < -0.3 is 45.8 Å². The summed E-state index contributed by atoms with van der Waals surface area (Å²) in [4.78, 5) is 58.3. The first kappa shape index (κ1) is 35.9. The average molecular weight is 723 g/mol. The number of fused-ring (bicyclic) bond motifs is 6. The van der Waals surface area contributed by atoms with Crippen LogP contribution in [0.15, 0.2) is 78.9 Å². The van der Waals surface area contributed by atoms with Crippen molar-refractivity contribution in [2.75, 3.05) is 5.32 Å². The van der Waals surface area contributed by atoms with Crippen molar-refractivity contribution in [2.24, 2.45) is 5.73 Å². The number of aromatic hydroxyl groups is 2. The fraction of sp³-hybridized carbons (Fsp3) is 0.176. The molecule has 6 rings (SSSR count). The number of amidine groups is 1. The Labute approximate surface area is 291 Å². The Hall–Kier alpha value is -5.40. The van der Waals surface area contributed by atoms with E-state index in [1.807, 2.05) is 0 Å². The zero-order valence-corrected chi connectivity index (χ0v) is 27.8. The molecule has 50 heavy (non-hydrogen) atoms. The number of benzene rings is 4. The summed E-state index contributed by atoms with van der Waals surface area (Å²) in [6, 6.07) is 19.2. The first-order chi connectivity index (χ1) is 23.3. The molecule has 4 aromatic carbocycles. The monoisotopic (exact) mass is 722 g/mol. The summed E-state index contributed by atoms with van der Waals surface area (Å²) in [6.07, 6.45) is 0.473. The van der Waals surface area contributed by atoms with Crippen molar-refractivity contribution in [3.63, 3.8) is 0 Å². The summed E-state index contributed by atoms with van der Waals surface area (Å²) < 4.78 is 24.1. The second-order valence-electron chi connectivity index (χ2n) is 11.6. The van der Waals surface area contributed by atoms with E-state index in [0.29, 0.717) is 27.9 Å². The number of nitrogens with two attached hydrogens (primary N) is 1. The Balaban J connectivity index is 0.00000486. The number of carbonyl (C=O) groups excluding carboxylic acids is 3. The molecule has 14 nitrogen and oxygen atoms in total. The summed E-state index contributed by atoms with van der Waals surface area (Å²) in [5.41, 5.74) is 6.45. The quantitative estimate of drug-likeness (QED) is 0.0361. The summed E-state index contributed by atoms with van der Waals surface area (Å²) in [6.45, 7) is 0. The number of esters is 1. The molecular weight excluding hydrogens is 691 g/mol. The number of phenols is 2. The van der Waals surface area contributed by atoms with Gasteiger partial charge >= 0.3 is 13.6 Å². The molecule has 0 aliphatic carbocycles. The third-order valence-corrected chi connectivity index (χ3v) is 9.39.